The normalized spacial score (nSPS) is 26.3. The SMILES string of the molecule is Nc1no[n+]([O-])c1C(=O)NC[C@H]1CCCN2CCCC[C@@H]12. The van der Waals surface area contributed by atoms with Gasteiger partial charge >= 0.3 is 17.4 Å². The first kappa shape index (κ1) is 14.1. The van der Waals surface area contributed by atoms with Crippen LogP contribution in [-0.4, -0.2) is 41.6 Å². The minimum Gasteiger partial charge on any atom is -0.359 e. The highest BCUT2D eigenvalue weighted by molar-refractivity contribution is 5.94. The average molecular weight is 295 g/mol. The topological polar surface area (TPSA) is 111 Å². The lowest BCUT2D eigenvalue weighted by Gasteiger charge is -2.44. The molecule has 1 amide bonds. The lowest BCUT2D eigenvalue weighted by molar-refractivity contribution is -0.803. The van der Waals surface area contributed by atoms with Crippen LogP contribution in [0.2, 0.25) is 0 Å². The molecule has 0 radical (unpaired) electrons. The summed E-state index contributed by atoms with van der Waals surface area (Å²) in [4.78, 5) is 14.6. The largest absolute Gasteiger partial charge is 0.359 e. The van der Waals surface area contributed by atoms with E-state index in [9.17, 15) is 10.0 Å². The number of hydrogen-bond acceptors (Lipinski definition) is 6. The van der Waals surface area contributed by atoms with Gasteiger partial charge in [-0.25, -0.2) is 0 Å². The van der Waals surface area contributed by atoms with Crippen molar-refractivity contribution in [2.24, 2.45) is 5.92 Å². The third kappa shape index (κ3) is 2.80. The Morgan fingerprint density at radius 2 is 2.24 bits per heavy atom. The zero-order valence-corrected chi connectivity index (χ0v) is 12.0. The maximum Gasteiger partial charge on any atom is 0.318 e. The van der Waals surface area contributed by atoms with Gasteiger partial charge in [0.05, 0.1) is 5.16 Å². The van der Waals surface area contributed by atoms with Crippen LogP contribution in [0.3, 0.4) is 0 Å². The predicted molar refractivity (Wildman–Crippen MR) is 74.1 cm³/mol. The molecule has 3 heterocycles. The number of anilines is 1. The molecule has 8 nitrogen and oxygen atoms in total. The van der Waals surface area contributed by atoms with Crippen LogP contribution in [0.5, 0.6) is 0 Å². The van der Waals surface area contributed by atoms with Crippen LogP contribution in [0, 0.1) is 11.1 Å². The van der Waals surface area contributed by atoms with Crippen molar-refractivity contribution in [3.05, 3.63) is 10.9 Å². The van der Waals surface area contributed by atoms with Gasteiger partial charge in [0, 0.05) is 12.6 Å². The van der Waals surface area contributed by atoms with Gasteiger partial charge < -0.3 is 21.2 Å². The van der Waals surface area contributed by atoms with Crippen molar-refractivity contribution in [3.8, 4) is 0 Å². The molecule has 0 bridgehead atoms. The fraction of sp³-hybridized carbons (Fsp3) is 0.769. The molecule has 3 rings (SSSR count). The van der Waals surface area contributed by atoms with Crippen LogP contribution >= 0.6 is 0 Å². The van der Waals surface area contributed by atoms with Crippen molar-refractivity contribution in [1.29, 1.82) is 0 Å². The Morgan fingerprint density at radius 3 is 3.00 bits per heavy atom. The highest BCUT2D eigenvalue weighted by atomic mass is 16.8. The Balaban J connectivity index is 1.60. The monoisotopic (exact) mass is 295 g/mol. The number of rotatable bonds is 3. The molecule has 3 N–H and O–H groups in total. The van der Waals surface area contributed by atoms with Crippen LogP contribution in [0.25, 0.3) is 0 Å². The Hall–Kier alpha value is -1.83. The number of nitrogens with one attached hydrogen (secondary N) is 1. The average Bonchev–Trinajstić information content (AvgIpc) is 2.84. The van der Waals surface area contributed by atoms with E-state index in [1.54, 1.807) is 0 Å². The van der Waals surface area contributed by atoms with E-state index in [4.69, 9.17) is 5.73 Å². The van der Waals surface area contributed by atoms with Crippen molar-refractivity contribution < 1.29 is 14.3 Å². The smallest absolute Gasteiger partial charge is 0.318 e. The number of carbonyl (C=O) groups is 1. The highest BCUT2D eigenvalue weighted by Crippen LogP contribution is 2.30. The van der Waals surface area contributed by atoms with E-state index >= 15 is 0 Å². The second-order valence-corrected chi connectivity index (χ2v) is 5.88. The van der Waals surface area contributed by atoms with E-state index in [1.807, 2.05) is 0 Å². The molecule has 0 aliphatic carbocycles. The minimum atomic E-state index is -0.517. The summed E-state index contributed by atoms with van der Waals surface area (Å²) in [5.74, 6) is -0.258. The standard InChI is InChI=1S/C13H21N5O3/c14-12-11(18(20)21-16-12)13(19)15-8-9-4-3-7-17-6-2-1-5-10(9)17/h9-10H,1-8H2,(H2,14,16)(H,15,19)/t9-,10+/m1/s1. The van der Waals surface area contributed by atoms with Crippen LogP contribution in [0.4, 0.5) is 5.82 Å². The number of amides is 1. The van der Waals surface area contributed by atoms with Gasteiger partial charge in [-0.3, -0.25) is 9.42 Å². The second kappa shape index (κ2) is 5.88. The summed E-state index contributed by atoms with van der Waals surface area (Å²) in [6, 6.07) is 0.548. The molecule has 2 aliphatic rings. The summed E-state index contributed by atoms with van der Waals surface area (Å²) in [6.45, 7) is 2.88. The zero-order chi connectivity index (χ0) is 14.8. The number of nitrogen functional groups attached to an aromatic ring is 1. The Kier molecular flexibility index (Phi) is 3.96. The first-order chi connectivity index (χ1) is 10.2. The maximum atomic E-state index is 12.0. The molecule has 21 heavy (non-hydrogen) atoms. The molecule has 0 saturated carbocycles. The van der Waals surface area contributed by atoms with Crippen LogP contribution in [-0.2, 0) is 0 Å². The fourth-order valence-electron chi connectivity index (χ4n) is 3.58. The highest BCUT2D eigenvalue weighted by Gasteiger charge is 2.33. The van der Waals surface area contributed by atoms with Crippen molar-refractivity contribution in [1.82, 2.24) is 15.4 Å². The summed E-state index contributed by atoms with van der Waals surface area (Å²) >= 11 is 0. The summed E-state index contributed by atoms with van der Waals surface area (Å²) in [5.41, 5.74) is 5.20. The maximum absolute atomic E-state index is 12.0. The first-order valence-corrected chi connectivity index (χ1v) is 7.54. The van der Waals surface area contributed by atoms with Crippen LogP contribution in [0.15, 0.2) is 4.63 Å². The number of fused-ring (bicyclic) bond motifs is 1. The quantitative estimate of drug-likeness (QED) is 0.752. The number of nitrogens with two attached hydrogens (primary N) is 1. The molecule has 8 heteroatoms. The molecule has 1 aromatic rings. The first-order valence-electron chi connectivity index (χ1n) is 7.54. The number of aromatic nitrogens is 2. The van der Waals surface area contributed by atoms with Gasteiger partial charge in [0.25, 0.3) is 0 Å². The van der Waals surface area contributed by atoms with Gasteiger partial charge in [-0.05, 0) is 49.6 Å². The molecule has 2 fully saturated rings. The number of carbonyl (C=O) groups excluding carboxylic acids is 1. The predicted octanol–water partition coefficient (Wildman–Crippen LogP) is -0.115. The molecule has 0 spiro atoms. The van der Waals surface area contributed by atoms with E-state index < -0.39 is 5.91 Å². The van der Waals surface area contributed by atoms with E-state index in [1.165, 1.54) is 19.3 Å². The summed E-state index contributed by atoms with van der Waals surface area (Å²) in [5, 5.41) is 17.4. The van der Waals surface area contributed by atoms with Gasteiger partial charge in [0.1, 0.15) is 0 Å². The summed E-state index contributed by atoms with van der Waals surface area (Å²) in [6.07, 6.45) is 5.98. The molecule has 2 aliphatic heterocycles. The lowest BCUT2D eigenvalue weighted by Crippen LogP contribution is -2.51. The molecule has 1 aromatic heterocycles. The third-order valence-electron chi connectivity index (χ3n) is 4.61. The van der Waals surface area contributed by atoms with Gasteiger partial charge in [-0.15, -0.1) is 0 Å². The zero-order valence-electron chi connectivity index (χ0n) is 12.0. The third-order valence-corrected chi connectivity index (χ3v) is 4.61. The molecular weight excluding hydrogens is 274 g/mol. The Bertz CT molecular complexity index is 496. The number of hydrogen-bond donors (Lipinski definition) is 2. The molecule has 2 atom stereocenters. The summed E-state index contributed by atoms with van der Waals surface area (Å²) < 4.78 is 4.31. The fourth-order valence-corrected chi connectivity index (χ4v) is 3.58. The van der Waals surface area contributed by atoms with Crippen LogP contribution < -0.4 is 16.0 Å². The van der Waals surface area contributed by atoms with Gasteiger partial charge in [0.2, 0.25) is 0 Å². The van der Waals surface area contributed by atoms with Crippen molar-refractivity contribution in [2.45, 2.75) is 38.1 Å². The van der Waals surface area contributed by atoms with Crippen molar-refractivity contribution >= 4 is 11.7 Å². The van der Waals surface area contributed by atoms with E-state index in [0.29, 0.717) is 18.5 Å². The number of nitrogens with zero attached hydrogens (tertiary/aromatic N) is 3. The molecule has 116 valence electrons. The van der Waals surface area contributed by atoms with E-state index in [2.05, 4.69) is 20.0 Å². The van der Waals surface area contributed by atoms with Gasteiger partial charge in [-0.1, -0.05) is 6.42 Å². The van der Waals surface area contributed by atoms with Gasteiger partial charge in [-0.2, -0.15) is 0 Å². The second-order valence-electron chi connectivity index (χ2n) is 5.88. The molecule has 0 unspecified atom stereocenters. The molecule has 2 saturated heterocycles. The molecular formula is C13H21N5O3. The Morgan fingerprint density at radius 1 is 1.43 bits per heavy atom. The summed E-state index contributed by atoms with van der Waals surface area (Å²) in [7, 11) is 0. The van der Waals surface area contributed by atoms with Crippen molar-refractivity contribution in [2.75, 3.05) is 25.4 Å². The Labute approximate surface area is 122 Å². The molecule has 0 aromatic carbocycles. The van der Waals surface area contributed by atoms with E-state index in [0.717, 1.165) is 25.9 Å². The lowest BCUT2D eigenvalue weighted by atomic mass is 9.83. The van der Waals surface area contributed by atoms with Crippen molar-refractivity contribution in [3.63, 3.8) is 0 Å². The van der Waals surface area contributed by atoms with Crippen LogP contribution in [0.1, 0.15) is 42.6 Å². The van der Waals surface area contributed by atoms with Gasteiger partial charge in [0.15, 0.2) is 0 Å². The van der Waals surface area contributed by atoms with E-state index in [-0.39, 0.29) is 16.4 Å². The number of piperidine rings is 2. The minimum absolute atomic E-state index is 0.0540.